The summed E-state index contributed by atoms with van der Waals surface area (Å²) in [4.78, 5) is 22.5. The molecule has 2 aliphatic rings. The number of thioether (sulfide) groups is 1. The van der Waals surface area contributed by atoms with E-state index < -0.39 is 0 Å². The number of nitro benzene ring substituents is 1. The third-order valence-electron chi connectivity index (χ3n) is 4.62. The van der Waals surface area contributed by atoms with Crippen LogP contribution in [0.5, 0.6) is 5.75 Å². The number of nitro groups is 1. The highest BCUT2D eigenvalue weighted by atomic mass is 32.2. The van der Waals surface area contributed by atoms with Gasteiger partial charge in [0.1, 0.15) is 11.8 Å². The first-order valence-corrected chi connectivity index (χ1v) is 9.21. The Morgan fingerprint density at radius 3 is 2.88 bits per heavy atom. The summed E-state index contributed by atoms with van der Waals surface area (Å²) in [5.74, 6) is 0.627. The zero-order valence-electron chi connectivity index (χ0n) is 14.4. The molecule has 8 heteroatoms. The second-order valence-electron chi connectivity index (χ2n) is 6.32. The highest BCUT2D eigenvalue weighted by Gasteiger charge is 2.45. The van der Waals surface area contributed by atoms with Crippen molar-refractivity contribution in [1.82, 2.24) is 9.88 Å². The summed E-state index contributed by atoms with van der Waals surface area (Å²) in [6.07, 6.45) is 1.75. The third kappa shape index (κ3) is 2.80. The summed E-state index contributed by atoms with van der Waals surface area (Å²) in [6, 6.07) is 10.1. The van der Waals surface area contributed by atoms with Gasteiger partial charge < -0.3 is 9.64 Å². The molecule has 0 aliphatic carbocycles. The molecule has 3 atom stereocenters. The summed E-state index contributed by atoms with van der Waals surface area (Å²) in [5.41, 5.74) is 1.67. The monoisotopic (exact) mass is 370 g/mol. The van der Waals surface area contributed by atoms with E-state index in [4.69, 9.17) is 9.73 Å². The Kier molecular flexibility index (Phi) is 4.28. The van der Waals surface area contributed by atoms with Crippen molar-refractivity contribution in [1.29, 1.82) is 0 Å². The number of aromatic nitrogens is 1. The van der Waals surface area contributed by atoms with Gasteiger partial charge in [-0.05, 0) is 18.2 Å². The Morgan fingerprint density at radius 2 is 2.19 bits per heavy atom. The highest BCUT2D eigenvalue weighted by Crippen LogP contribution is 2.50. The number of nitrogens with zero attached hydrogens (tertiary/aromatic N) is 4. The molecule has 0 saturated carbocycles. The van der Waals surface area contributed by atoms with Crippen LogP contribution in [0.25, 0.3) is 0 Å². The average molecular weight is 370 g/mol. The van der Waals surface area contributed by atoms with Crippen molar-refractivity contribution in [2.75, 3.05) is 13.7 Å². The van der Waals surface area contributed by atoms with E-state index in [1.165, 1.54) is 6.07 Å². The van der Waals surface area contributed by atoms with E-state index in [0.717, 1.165) is 23.0 Å². The van der Waals surface area contributed by atoms with Crippen molar-refractivity contribution < 1.29 is 9.66 Å². The van der Waals surface area contributed by atoms with Crippen molar-refractivity contribution in [2.45, 2.75) is 24.3 Å². The van der Waals surface area contributed by atoms with Crippen molar-refractivity contribution >= 4 is 22.6 Å². The Hall–Kier alpha value is -2.61. The summed E-state index contributed by atoms with van der Waals surface area (Å²) in [6.45, 7) is 2.99. The molecule has 1 aromatic heterocycles. The van der Waals surface area contributed by atoms with Gasteiger partial charge in [-0.25, -0.2) is 0 Å². The first kappa shape index (κ1) is 16.8. The van der Waals surface area contributed by atoms with E-state index in [2.05, 4.69) is 16.8 Å². The van der Waals surface area contributed by atoms with Gasteiger partial charge in [0.15, 0.2) is 5.17 Å². The fraction of sp³-hybridized carbons (Fsp3) is 0.333. The lowest BCUT2D eigenvalue weighted by Gasteiger charge is -2.28. The number of methoxy groups -OCH3 is 1. The number of fused-ring (bicyclic) bond motifs is 1. The average Bonchev–Trinajstić information content (AvgIpc) is 3.17. The Bertz CT molecular complexity index is 874. The van der Waals surface area contributed by atoms with Gasteiger partial charge in [0, 0.05) is 35.7 Å². The molecular formula is C18H18N4O3S. The number of hydrogen-bond acceptors (Lipinski definition) is 7. The molecule has 2 aromatic rings. The molecule has 4 rings (SSSR count). The van der Waals surface area contributed by atoms with Gasteiger partial charge in [0.05, 0.1) is 23.8 Å². The van der Waals surface area contributed by atoms with Crippen molar-refractivity contribution in [3.05, 3.63) is 64.0 Å². The molecule has 2 aliphatic heterocycles. The van der Waals surface area contributed by atoms with E-state index in [9.17, 15) is 10.1 Å². The van der Waals surface area contributed by atoms with E-state index >= 15 is 0 Å². The number of amidine groups is 1. The van der Waals surface area contributed by atoms with Crippen molar-refractivity contribution in [3.8, 4) is 5.75 Å². The molecule has 7 nitrogen and oxygen atoms in total. The molecule has 0 bridgehead atoms. The first-order valence-electron chi connectivity index (χ1n) is 8.33. The largest absolute Gasteiger partial charge is 0.496 e. The molecule has 0 unspecified atom stereocenters. The van der Waals surface area contributed by atoms with Crippen LogP contribution < -0.4 is 4.74 Å². The minimum Gasteiger partial charge on any atom is -0.496 e. The SMILES string of the molecule is COc1ccc([N+](=O)[O-])cc1[C@@H]1[C@H](c2ccccn2)N=C2S[C@@H](C)CN21. The van der Waals surface area contributed by atoms with Crippen LogP contribution in [-0.2, 0) is 0 Å². The lowest BCUT2D eigenvalue weighted by molar-refractivity contribution is -0.385. The molecule has 1 saturated heterocycles. The number of non-ortho nitro benzene ring substituents is 1. The van der Waals surface area contributed by atoms with Gasteiger partial charge in [-0.3, -0.25) is 20.1 Å². The summed E-state index contributed by atoms with van der Waals surface area (Å²) < 4.78 is 5.52. The van der Waals surface area contributed by atoms with Gasteiger partial charge in [-0.15, -0.1) is 0 Å². The third-order valence-corrected chi connectivity index (χ3v) is 5.73. The minimum absolute atomic E-state index is 0.0499. The summed E-state index contributed by atoms with van der Waals surface area (Å²) in [5, 5.41) is 12.7. The standard InChI is InChI=1S/C18H18N4O3S/c1-11-10-21-17(13-9-12(22(23)24)6-7-15(13)25-2)16(20-18(21)26-11)14-5-3-4-8-19-14/h3-9,11,16-17H,10H2,1-2H3/t11-,16-,17+/m0/s1. The molecule has 0 amide bonds. The van der Waals surface area contributed by atoms with E-state index in [1.807, 2.05) is 18.2 Å². The molecule has 0 spiro atoms. The van der Waals surface area contributed by atoms with Crippen LogP contribution in [0.3, 0.4) is 0 Å². The zero-order valence-corrected chi connectivity index (χ0v) is 15.2. The predicted octanol–water partition coefficient (Wildman–Crippen LogP) is 3.59. The van der Waals surface area contributed by atoms with Gasteiger partial charge in [-0.2, -0.15) is 0 Å². The minimum atomic E-state index is -0.378. The number of aliphatic imine (C=N–C) groups is 1. The van der Waals surface area contributed by atoms with E-state index in [-0.39, 0.29) is 22.7 Å². The van der Waals surface area contributed by atoms with Gasteiger partial charge in [0.2, 0.25) is 0 Å². The number of hydrogen-bond donors (Lipinski definition) is 0. The van der Waals surface area contributed by atoms with Crippen LogP contribution in [0.1, 0.15) is 30.3 Å². The Morgan fingerprint density at radius 1 is 1.35 bits per heavy atom. The maximum atomic E-state index is 11.3. The molecule has 134 valence electrons. The van der Waals surface area contributed by atoms with Crippen molar-refractivity contribution in [3.63, 3.8) is 0 Å². The number of benzene rings is 1. The van der Waals surface area contributed by atoms with Gasteiger partial charge >= 0.3 is 0 Å². The van der Waals surface area contributed by atoms with Crippen LogP contribution in [-0.4, -0.2) is 38.9 Å². The fourth-order valence-corrected chi connectivity index (χ4v) is 4.61. The molecule has 26 heavy (non-hydrogen) atoms. The normalized spacial score (nSPS) is 24.3. The maximum Gasteiger partial charge on any atom is 0.270 e. The summed E-state index contributed by atoms with van der Waals surface area (Å²) in [7, 11) is 1.58. The molecule has 0 N–H and O–H groups in total. The molecule has 1 fully saturated rings. The number of ether oxygens (including phenoxy) is 1. The maximum absolute atomic E-state index is 11.3. The second-order valence-corrected chi connectivity index (χ2v) is 7.73. The van der Waals surface area contributed by atoms with Gasteiger partial charge in [0.25, 0.3) is 5.69 Å². The molecular weight excluding hydrogens is 352 g/mol. The topological polar surface area (TPSA) is 80.9 Å². The van der Waals surface area contributed by atoms with Crippen LogP contribution >= 0.6 is 11.8 Å². The lowest BCUT2D eigenvalue weighted by Crippen LogP contribution is -2.29. The lowest BCUT2D eigenvalue weighted by atomic mass is 9.95. The van der Waals surface area contributed by atoms with Crippen LogP contribution in [0.4, 0.5) is 5.69 Å². The number of pyridine rings is 1. The molecule has 0 radical (unpaired) electrons. The summed E-state index contributed by atoms with van der Waals surface area (Å²) >= 11 is 1.73. The van der Waals surface area contributed by atoms with Crippen LogP contribution in [0, 0.1) is 10.1 Å². The fourth-order valence-electron chi connectivity index (χ4n) is 3.52. The Balaban J connectivity index is 1.84. The smallest absolute Gasteiger partial charge is 0.270 e. The Labute approximate surface area is 155 Å². The van der Waals surface area contributed by atoms with E-state index in [1.54, 1.807) is 37.2 Å². The van der Waals surface area contributed by atoms with Crippen molar-refractivity contribution in [2.24, 2.45) is 4.99 Å². The second kappa shape index (κ2) is 6.60. The van der Waals surface area contributed by atoms with Crippen LogP contribution in [0.15, 0.2) is 47.6 Å². The van der Waals surface area contributed by atoms with Gasteiger partial charge in [-0.1, -0.05) is 24.8 Å². The highest BCUT2D eigenvalue weighted by molar-refractivity contribution is 8.14. The first-order chi connectivity index (χ1) is 12.6. The quantitative estimate of drug-likeness (QED) is 0.604. The van der Waals surface area contributed by atoms with E-state index in [0.29, 0.717) is 11.0 Å². The molecule has 3 heterocycles. The zero-order chi connectivity index (χ0) is 18.3. The predicted molar refractivity (Wildman–Crippen MR) is 101 cm³/mol. The number of rotatable bonds is 4. The molecule has 1 aromatic carbocycles. The van der Waals surface area contributed by atoms with Crippen LogP contribution in [0.2, 0.25) is 0 Å².